The van der Waals surface area contributed by atoms with Gasteiger partial charge in [0.1, 0.15) is 17.2 Å². The van der Waals surface area contributed by atoms with Gasteiger partial charge in [0.05, 0.1) is 13.2 Å². The van der Waals surface area contributed by atoms with E-state index >= 15 is 0 Å². The number of hydrogen-bond donors (Lipinski definition) is 2. The lowest BCUT2D eigenvalue weighted by Crippen LogP contribution is -2.31. The normalized spacial score (nSPS) is 12.3. The second kappa shape index (κ2) is 9.08. The highest BCUT2D eigenvalue weighted by molar-refractivity contribution is 6.31. The van der Waals surface area contributed by atoms with Crippen LogP contribution in [0.3, 0.4) is 0 Å². The molecule has 0 radical (unpaired) electrons. The number of aliphatic hydroxyl groups excluding tert-OH is 1. The van der Waals surface area contributed by atoms with Crippen LogP contribution in [0.4, 0.5) is 4.39 Å². The largest absolute Gasteiger partial charge is 0.395 e. The summed E-state index contributed by atoms with van der Waals surface area (Å²) in [5.41, 5.74) is 3.26. The molecule has 5 nitrogen and oxygen atoms in total. The zero-order valence-electron chi connectivity index (χ0n) is 15.1. The molecule has 3 aromatic rings. The average molecular weight is 389 g/mol. The number of nitrogens with one attached hydrogen (secondary N) is 1. The first-order chi connectivity index (χ1) is 13.1. The van der Waals surface area contributed by atoms with Crippen LogP contribution in [0.15, 0.2) is 48.5 Å². The third-order valence-corrected chi connectivity index (χ3v) is 4.72. The molecule has 7 heteroatoms. The van der Waals surface area contributed by atoms with E-state index in [-0.39, 0.29) is 18.5 Å². The summed E-state index contributed by atoms with van der Waals surface area (Å²) < 4.78 is 13.3. The van der Waals surface area contributed by atoms with Crippen LogP contribution in [0.5, 0.6) is 0 Å². The van der Waals surface area contributed by atoms with Crippen molar-refractivity contribution in [1.29, 1.82) is 0 Å². The van der Waals surface area contributed by atoms with E-state index in [2.05, 4.69) is 15.5 Å². The molecule has 0 aliphatic carbocycles. The van der Waals surface area contributed by atoms with E-state index in [1.54, 1.807) is 10.9 Å². The first-order valence-electron chi connectivity index (χ1n) is 8.88. The molecule has 0 bridgehead atoms. The average Bonchev–Trinajstić information content (AvgIpc) is 3.08. The monoisotopic (exact) mass is 388 g/mol. The Morgan fingerprint density at radius 3 is 2.63 bits per heavy atom. The van der Waals surface area contributed by atoms with Crippen LogP contribution < -0.4 is 5.32 Å². The predicted molar refractivity (Wildman–Crippen MR) is 104 cm³/mol. The number of rotatable bonds is 8. The van der Waals surface area contributed by atoms with E-state index in [1.807, 2.05) is 37.3 Å². The lowest BCUT2D eigenvalue weighted by molar-refractivity contribution is 0.238. The molecule has 0 aliphatic heterocycles. The fraction of sp³-hybridized carbons (Fsp3) is 0.300. The molecule has 2 aromatic carbocycles. The van der Waals surface area contributed by atoms with Crippen LogP contribution in [0, 0.1) is 5.82 Å². The van der Waals surface area contributed by atoms with Crippen molar-refractivity contribution in [2.24, 2.45) is 0 Å². The van der Waals surface area contributed by atoms with Crippen molar-refractivity contribution in [3.8, 4) is 11.3 Å². The summed E-state index contributed by atoms with van der Waals surface area (Å²) in [6.45, 7) is 2.91. The quantitative estimate of drug-likeness (QED) is 0.618. The molecule has 0 saturated heterocycles. The Hall–Kier alpha value is -2.28. The molecule has 0 spiro atoms. The second-order valence-electron chi connectivity index (χ2n) is 6.30. The minimum absolute atomic E-state index is 0.00492. The zero-order valence-corrected chi connectivity index (χ0v) is 15.8. The molecule has 1 aromatic heterocycles. The third-order valence-electron chi connectivity index (χ3n) is 4.37. The first kappa shape index (κ1) is 19.5. The van der Waals surface area contributed by atoms with Crippen LogP contribution in [-0.4, -0.2) is 32.7 Å². The van der Waals surface area contributed by atoms with Gasteiger partial charge in [-0.2, -0.15) is 15.0 Å². The Morgan fingerprint density at radius 2 is 1.96 bits per heavy atom. The van der Waals surface area contributed by atoms with E-state index < -0.39 is 0 Å². The summed E-state index contributed by atoms with van der Waals surface area (Å²) in [6.07, 6.45) is 0.816. The molecule has 1 atom stereocenters. The molecular weight excluding hydrogens is 367 g/mol. The maximum Gasteiger partial charge on any atom is 0.124 e. The fourth-order valence-electron chi connectivity index (χ4n) is 2.77. The second-order valence-corrected chi connectivity index (χ2v) is 6.70. The van der Waals surface area contributed by atoms with Crippen molar-refractivity contribution >= 4 is 11.6 Å². The highest BCUT2D eigenvalue weighted by atomic mass is 35.5. The third kappa shape index (κ3) is 4.91. The van der Waals surface area contributed by atoms with E-state index in [0.29, 0.717) is 18.1 Å². The lowest BCUT2D eigenvalue weighted by Gasteiger charge is -2.12. The first-order valence-corrected chi connectivity index (χ1v) is 9.26. The lowest BCUT2D eigenvalue weighted by atomic mass is 10.1. The SMILES string of the molecule is CC[C@H](CO)NCc1nn(Cc2ccc(F)cc2Cl)nc1-c1ccccc1. The molecule has 27 heavy (non-hydrogen) atoms. The zero-order chi connectivity index (χ0) is 19.2. The smallest absolute Gasteiger partial charge is 0.124 e. The molecule has 1 heterocycles. The number of aromatic nitrogens is 3. The van der Waals surface area contributed by atoms with Crippen LogP contribution in [-0.2, 0) is 13.1 Å². The van der Waals surface area contributed by atoms with Crippen molar-refractivity contribution in [3.63, 3.8) is 0 Å². The number of nitrogens with zero attached hydrogens (tertiary/aromatic N) is 3. The maximum atomic E-state index is 13.3. The van der Waals surface area contributed by atoms with Gasteiger partial charge in [0, 0.05) is 23.2 Å². The van der Waals surface area contributed by atoms with E-state index in [0.717, 1.165) is 28.9 Å². The van der Waals surface area contributed by atoms with Crippen molar-refractivity contribution < 1.29 is 9.50 Å². The van der Waals surface area contributed by atoms with Gasteiger partial charge in [-0.3, -0.25) is 0 Å². The number of aliphatic hydroxyl groups is 1. The van der Waals surface area contributed by atoms with Gasteiger partial charge >= 0.3 is 0 Å². The van der Waals surface area contributed by atoms with Crippen LogP contribution in [0.25, 0.3) is 11.3 Å². The summed E-state index contributed by atoms with van der Waals surface area (Å²) in [4.78, 5) is 1.57. The predicted octanol–water partition coefficient (Wildman–Crippen LogP) is 3.65. The molecule has 0 amide bonds. The van der Waals surface area contributed by atoms with Gasteiger partial charge in [0.15, 0.2) is 0 Å². The Labute approximate surface area is 162 Å². The Kier molecular flexibility index (Phi) is 6.55. The van der Waals surface area contributed by atoms with Crippen molar-refractivity contribution in [3.05, 3.63) is 70.6 Å². The van der Waals surface area contributed by atoms with Gasteiger partial charge in [0.25, 0.3) is 0 Å². The van der Waals surface area contributed by atoms with E-state index in [9.17, 15) is 9.50 Å². The fourth-order valence-corrected chi connectivity index (χ4v) is 3.00. The van der Waals surface area contributed by atoms with Crippen molar-refractivity contribution in [1.82, 2.24) is 20.3 Å². The number of halogens is 2. The molecule has 0 fully saturated rings. The van der Waals surface area contributed by atoms with Gasteiger partial charge in [0.2, 0.25) is 0 Å². The number of benzene rings is 2. The van der Waals surface area contributed by atoms with Gasteiger partial charge in [-0.15, -0.1) is 0 Å². The van der Waals surface area contributed by atoms with Crippen LogP contribution >= 0.6 is 11.6 Å². The van der Waals surface area contributed by atoms with Crippen LogP contribution in [0.1, 0.15) is 24.6 Å². The summed E-state index contributed by atoms with van der Waals surface area (Å²) >= 11 is 6.13. The molecule has 3 rings (SSSR count). The summed E-state index contributed by atoms with van der Waals surface area (Å²) in [5, 5.41) is 22.3. The molecule has 2 N–H and O–H groups in total. The minimum Gasteiger partial charge on any atom is -0.395 e. The standard InChI is InChI=1S/C20H22ClFN4O/c1-2-17(13-27)23-11-19-20(14-6-4-3-5-7-14)25-26(24-19)12-15-8-9-16(22)10-18(15)21/h3-10,17,23,27H,2,11-13H2,1H3/t17-/m1/s1. The Balaban J connectivity index is 1.89. The summed E-state index contributed by atoms with van der Waals surface area (Å²) in [6, 6.07) is 14.1. The molecular formula is C20H22ClFN4O. The van der Waals surface area contributed by atoms with E-state index in [1.165, 1.54) is 12.1 Å². The van der Waals surface area contributed by atoms with Gasteiger partial charge in [-0.25, -0.2) is 4.39 Å². The van der Waals surface area contributed by atoms with E-state index in [4.69, 9.17) is 11.6 Å². The summed E-state index contributed by atoms with van der Waals surface area (Å²) in [7, 11) is 0. The topological polar surface area (TPSA) is 63.0 Å². The molecule has 0 saturated carbocycles. The summed E-state index contributed by atoms with van der Waals surface area (Å²) in [5.74, 6) is -0.373. The highest BCUT2D eigenvalue weighted by Crippen LogP contribution is 2.22. The van der Waals surface area contributed by atoms with Gasteiger partial charge < -0.3 is 10.4 Å². The van der Waals surface area contributed by atoms with Crippen molar-refractivity contribution in [2.75, 3.05) is 6.61 Å². The molecule has 0 aliphatic rings. The Morgan fingerprint density at radius 1 is 1.19 bits per heavy atom. The molecule has 0 unspecified atom stereocenters. The number of hydrogen-bond acceptors (Lipinski definition) is 4. The highest BCUT2D eigenvalue weighted by Gasteiger charge is 2.15. The van der Waals surface area contributed by atoms with Crippen molar-refractivity contribution in [2.45, 2.75) is 32.5 Å². The van der Waals surface area contributed by atoms with Gasteiger partial charge in [-0.05, 0) is 24.1 Å². The van der Waals surface area contributed by atoms with Crippen LogP contribution in [0.2, 0.25) is 5.02 Å². The minimum atomic E-state index is -0.373. The maximum absolute atomic E-state index is 13.3. The molecule has 142 valence electrons. The van der Waals surface area contributed by atoms with Gasteiger partial charge in [-0.1, -0.05) is 54.9 Å². The Bertz CT molecular complexity index is 881.